The minimum atomic E-state index is -0.956. The fourth-order valence-corrected chi connectivity index (χ4v) is 2.35. The van der Waals surface area contributed by atoms with Crippen LogP contribution in [-0.2, 0) is 9.53 Å². The van der Waals surface area contributed by atoms with Crippen LogP contribution in [0.2, 0.25) is 5.02 Å². The van der Waals surface area contributed by atoms with Gasteiger partial charge >= 0.3 is 0 Å². The maximum atomic E-state index is 14.1. The molecule has 0 aromatic heterocycles. The number of halogens is 2. The van der Waals surface area contributed by atoms with Crippen molar-refractivity contribution in [3.05, 3.63) is 28.5 Å². The molecule has 0 fully saturated rings. The molecule has 114 valence electrons. The summed E-state index contributed by atoms with van der Waals surface area (Å²) in [5.41, 5.74) is 0.373. The Hall–Kier alpha value is -2.10. The van der Waals surface area contributed by atoms with Crippen LogP contribution < -0.4 is 0 Å². The van der Waals surface area contributed by atoms with E-state index in [9.17, 15) is 9.18 Å². The number of hydrogen-bond donors (Lipinski definition) is 0. The van der Waals surface area contributed by atoms with Crippen LogP contribution in [0.15, 0.2) is 22.1 Å². The summed E-state index contributed by atoms with van der Waals surface area (Å²) in [4.78, 5) is 19.8. The third-order valence-corrected chi connectivity index (χ3v) is 3.44. The van der Waals surface area contributed by atoms with Gasteiger partial charge in [0, 0.05) is 13.3 Å². The van der Waals surface area contributed by atoms with Crippen molar-refractivity contribution < 1.29 is 13.9 Å². The van der Waals surface area contributed by atoms with Gasteiger partial charge in [-0.2, -0.15) is 5.26 Å². The van der Waals surface area contributed by atoms with Gasteiger partial charge in [0.05, 0.1) is 22.4 Å². The summed E-state index contributed by atoms with van der Waals surface area (Å²) < 4.78 is 19.2. The van der Waals surface area contributed by atoms with Crippen LogP contribution >= 0.6 is 11.6 Å². The Morgan fingerprint density at radius 1 is 1.55 bits per heavy atom. The molecule has 0 saturated carbocycles. The molecule has 1 unspecified atom stereocenters. The van der Waals surface area contributed by atoms with Gasteiger partial charge in [-0.3, -0.25) is 4.79 Å². The number of nitriles is 1. The number of carbonyl (C=O) groups is 1. The lowest BCUT2D eigenvalue weighted by Gasteiger charge is -2.17. The standard InChI is InChI=1S/C15H13ClFN3O2/c1-22-14-12(4-2-3-5-19-15(14)21)20-13-10(16)6-9(8-18)7-11(13)17/h5-7,14H,2-4H2,1H3. The molecular formula is C15H13ClFN3O2. The molecule has 0 spiro atoms. The molecule has 0 radical (unpaired) electrons. The summed E-state index contributed by atoms with van der Waals surface area (Å²) in [7, 11) is 1.37. The number of amides is 1. The molecule has 0 aliphatic carbocycles. The fourth-order valence-electron chi connectivity index (χ4n) is 2.10. The first-order valence-corrected chi connectivity index (χ1v) is 7.00. The Kier molecular flexibility index (Phi) is 5.36. The van der Waals surface area contributed by atoms with E-state index in [1.165, 1.54) is 13.2 Å². The van der Waals surface area contributed by atoms with E-state index in [1.54, 1.807) is 6.21 Å². The van der Waals surface area contributed by atoms with Crippen molar-refractivity contribution in [2.45, 2.75) is 25.4 Å². The molecule has 5 nitrogen and oxygen atoms in total. The van der Waals surface area contributed by atoms with E-state index in [4.69, 9.17) is 21.6 Å². The number of methoxy groups -OCH3 is 1. The predicted molar refractivity (Wildman–Crippen MR) is 81.4 cm³/mol. The molecule has 1 aliphatic heterocycles. The fraction of sp³-hybridized carbons (Fsp3) is 0.333. The monoisotopic (exact) mass is 321 g/mol. The SMILES string of the molecule is COC1C(=O)N=CCCCC1=Nc1c(F)cc(C#N)cc1Cl. The van der Waals surface area contributed by atoms with Crippen molar-refractivity contribution in [2.24, 2.45) is 9.98 Å². The van der Waals surface area contributed by atoms with E-state index in [-0.39, 0.29) is 16.3 Å². The molecule has 7 heteroatoms. The molecule has 0 saturated heterocycles. The highest BCUT2D eigenvalue weighted by atomic mass is 35.5. The van der Waals surface area contributed by atoms with Crippen LogP contribution in [0.1, 0.15) is 24.8 Å². The summed E-state index contributed by atoms with van der Waals surface area (Å²) in [6, 6.07) is 4.19. The van der Waals surface area contributed by atoms with E-state index in [1.807, 2.05) is 6.07 Å². The van der Waals surface area contributed by atoms with Crippen LogP contribution in [0.3, 0.4) is 0 Å². The topological polar surface area (TPSA) is 74.8 Å². The van der Waals surface area contributed by atoms with Crippen molar-refractivity contribution in [2.75, 3.05) is 7.11 Å². The van der Waals surface area contributed by atoms with Crippen molar-refractivity contribution in [1.29, 1.82) is 5.26 Å². The Balaban J connectivity index is 2.48. The zero-order valence-electron chi connectivity index (χ0n) is 11.8. The van der Waals surface area contributed by atoms with Crippen LogP contribution in [0, 0.1) is 17.1 Å². The van der Waals surface area contributed by atoms with Gasteiger partial charge in [-0.25, -0.2) is 14.4 Å². The molecule has 1 atom stereocenters. The second-order valence-corrected chi connectivity index (χ2v) is 5.07. The second kappa shape index (κ2) is 7.25. The summed E-state index contributed by atoms with van der Waals surface area (Å²) in [6.45, 7) is 0. The van der Waals surface area contributed by atoms with Crippen LogP contribution in [0.4, 0.5) is 10.1 Å². The van der Waals surface area contributed by atoms with Gasteiger partial charge in [0.15, 0.2) is 11.9 Å². The number of nitrogens with zero attached hydrogens (tertiary/aromatic N) is 3. The van der Waals surface area contributed by atoms with Gasteiger partial charge in [0.2, 0.25) is 0 Å². The third kappa shape index (κ3) is 3.56. The van der Waals surface area contributed by atoms with Gasteiger partial charge < -0.3 is 4.74 Å². The quantitative estimate of drug-likeness (QED) is 0.839. The van der Waals surface area contributed by atoms with E-state index in [2.05, 4.69) is 9.98 Å². The molecule has 2 rings (SSSR count). The smallest absolute Gasteiger partial charge is 0.280 e. The molecule has 0 N–H and O–H groups in total. The average molecular weight is 322 g/mol. The maximum Gasteiger partial charge on any atom is 0.280 e. The van der Waals surface area contributed by atoms with Gasteiger partial charge in [0.25, 0.3) is 5.91 Å². The van der Waals surface area contributed by atoms with Gasteiger partial charge in [-0.05, 0) is 31.4 Å². The number of carbonyl (C=O) groups excluding carboxylic acids is 1. The van der Waals surface area contributed by atoms with Gasteiger partial charge in [-0.1, -0.05) is 11.6 Å². The summed E-state index contributed by atoms with van der Waals surface area (Å²) >= 11 is 5.98. The highest BCUT2D eigenvalue weighted by Crippen LogP contribution is 2.30. The van der Waals surface area contributed by atoms with Gasteiger partial charge in [-0.15, -0.1) is 0 Å². The lowest BCUT2D eigenvalue weighted by atomic mass is 10.1. The first-order chi connectivity index (χ1) is 10.6. The summed E-state index contributed by atoms with van der Waals surface area (Å²) in [5.74, 6) is -1.20. The van der Waals surface area contributed by atoms with E-state index >= 15 is 0 Å². The highest BCUT2D eigenvalue weighted by molar-refractivity contribution is 6.33. The first-order valence-electron chi connectivity index (χ1n) is 6.62. The van der Waals surface area contributed by atoms with Crippen molar-refractivity contribution in [1.82, 2.24) is 0 Å². The molecular weight excluding hydrogens is 309 g/mol. The van der Waals surface area contributed by atoms with Crippen LogP contribution in [0.25, 0.3) is 0 Å². The molecule has 1 heterocycles. The normalized spacial score (nSPS) is 20.5. The lowest BCUT2D eigenvalue weighted by molar-refractivity contribution is -0.124. The Labute approximate surface area is 132 Å². The molecule has 1 aromatic carbocycles. The van der Waals surface area contributed by atoms with E-state index in [0.717, 1.165) is 6.07 Å². The zero-order chi connectivity index (χ0) is 16.1. The molecule has 1 aliphatic rings. The van der Waals surface area contributed by atoms with Gasteiger partial charge in [0.1, 0.15) is 5.69 Å². The highest BCUT2D eigenvalue weighted by Gasteiger charge is 2.25. The second-order valence-electron chi connectivity index (χ2n) is 4.66. The van der Waals surface area contributed by atoms with Crippen molar-refractivity contribution in [3.63, 3.8) is 0 Å². The summed E-state index contributed by atoms with van der Waals surface area (Å²) in [6.07, 6.45) is 2.39. The number of rotatable bonds is 2. The zero-order valence-corrected chi connectivity index (χ0v) is 12.6. The predicted octanol–water partition coefficient (Wildman–Crippen LogP) is 3.22. The Morgan fingerprint density at radius 3 is 2.95 bits per heavy atom. The van der Waals surface area contributed by atoms with Crippen molar-refractivity contribution >= 4 is 35.1 Å². The maximum absolute atomic E-state index is 14.1. The number of hydrogen-bond acceptors (Lipinski definition) is 4. The third-order valence-electron chi connectivity index (χ3n) is 3.15. The average Bonchev–Trinajstić information content (AvgIpc) is 2.48. The number of ether oxygens (including phenoxy) is 1. The summed E-state index contributed by atoms with van der Waals surface area (Å²) in [5, 5.41) is 8.80. The van der Waals surface area contributed by atoms with E-state index in [0.29, 0.717) is 25.0 Å². The minimum absolute atomic E-state index is 0.0110. The number of benzene rings is 1. The number of aliphatic imine (C=N–C) groups is 2. The van der Waals surface area contributed by atoms with Crippen LogP contribution in [-0.4, -0.2) is 31.0 Å². The Morgan fingerprint density at radius 2 is 2.32 bits per heavy atom. The van der Waals surface area contributed by atoms with E-state index < -0.39 is 17.8 Å². The largest absolute Gasteiger partial charge is 0.365 e. The lowest BCUT2D eigenvalue weighted by Crippen LogP contribution is -2.32. The molecule has 1 aromatic rings. The minimum Gasteiger partial charge on any atom is -0.365 e. The van der Waals surface area contributed by atoms with Crippen molar-refractivity contribution in [3.8, 4) is 6.07 Å². The molecule has 22 heavy (non-hydrogen) atoms. The Bertz CT molecular complexity index is 672. The molecule has 1 amide bonds. The first kappa shape index (κ1) is 16.3. The van der Waals surface area contributed by atoms with Crippen LogP contribution in [0.5, 0.6) is 0 Å². The molecule has 0 bridgehead atoms.